The molecule has 29 heavy (non-hydrogen) atoms. The van der Waals surface area contributed by atoms with Crippen molar-refractivity contribution < 1.29 is 9.18 Å². The monoisotopic (exact) mass is 391 g/mol. The summed E-state index contributed by atoms with van der Waals surface area (Å²) in [4.78, 5) is 16.4. The highest BCUT2D eigenvalue weighted by Gasteiger charge is 2.10. The van der Waals surface area contributed by atoms with Crippen LogP contribution in [0.2, 0.25) is 0 Å². The van der Waals surface area contributed by atoms with Gasteiger partial charge in [0.25, 0.3) is 5.91 Å². The first-order valence-corrected chi connectivity index (χ1v) is 9.08. The topological polar surface area (TPSA) is 97.1 Å². The number of aromatic nitrogens is 5. The highest BCUT2D eigenvalue weighted by atomic mass is 19.1. The number of carbonyl (C=O) groups is 1. The number of carbonyl (C=O) groups excluding carboxylic acids is 1. The second kappa shape index (κ2) is 8.42. The Morgan fingerprint density at radius 3 is 2.83 bits per heavy atom. The van der Waals surface area contributed by atoms with E-state index in [1.165, 1.54) is 18.2 Å². The van der Waals surface area contributed by atoms with Crippen molar-refractivity contribution in [2.24, 2.45) is 0 Å². The first-order valence-electron chi connectivity index (χ1n) is 9.08. The number of nitrogens with zero attached hydrogens (tertiary/aromatic N) is 5. The maximum absolute atomic E-state index is 13.2. The molecule has 2 N–H and O–H groups in total. The van der Waals surface area contributed by atoms with E-state index in [0.717, 1.165) is 5.69 Å². The van der Waals surface area contributed by atoms with Gasteiger partial charge in [0.2, 0.25) is 0 Å². The lowest BCUT2D eigenvalue weighted by molar-refractivity contribution is 0.0953. The molecule has 0 bridgehead atoms. The van der Waals surface area contributed by atoms with E-state index in [-0.39, 0.29) is 11.5 Å². The fraction of sp³-hybridized carbons (Fsp3) is 0.150. The minimum absolute atomic E-state index is 0.273. The van der Waals surface area contributed by atoms with Crippen molar-refractivity contribution in [3.05, 3.63) is 83.7 Å². The Hall–Kier alpha value is -3.88. The molecule has 1 amide bonds. The number of rotatable bonds is 7. The fourth-order valence-corrected chi connectivity index (χ4v) is 2.79. The van der Waals surface area contributed by atoms with Gasteiger partial charge in [-0.05, 0) is 42.5 Å². The average Bonchev–Trinajstić information content (AvgIpc) is 3.15. The summed E-state index contributed by atoms with van der Waals surface area (Å²) in [5, 5.41) is 18.7. The van der Waals surface area contributed by atoms with Gasteiger partial charge in [0.1, 0.15) is 11.6 Å². The predicted molar refractivity (Wildman–Crippen MR) is 105 cm³/mol. The highest BCUT2D eigenvalue weighted by Crippen LogP contribution is 2.09. The SMILES string of the molecule is O=C(NCCc1nnc2ccc(NCc3ccccn3)nn12)c1cccc(F)c1. The molecule has 1 aromatic carbocycles. The van der Waals surface area contributed by atoms with Gasteiger partial charge in [-0.25, -0.2) is 4.39 Å². The number of benzene rings is 1. The van der Waals surface area contributed by atoms with Gasteiger partial charge in [0.05, 0.1) is 12.2 Å². The molecule has 9 heteroatoms. The largest absolute Gasteiger partial charge is 0.363 e. The van der Waals surface area contributed by atoms with Crippen molar-refractivity contribution in [2.45, 2.75) is 13.0 Å². The number of hydrogen-bond donors (Lipinski definition) is 2. The predicted octanol–water partition coefficient (Wildman–Crippen LogP) is 2.24. The van der Waals surface area contributed by atoms with Crippen LogP contribution in [-0.4, -0.2) is 37.2 Å². The maximum Gasteiger partial charge on any atom is 0.251 e. The standard InChI is InChI=1S/C20H18FN7O/c21-15-5-3-4-14(12-15)20(29)23-11-9-19-26-25-18-8-7-17(27-28(18)19)24-13-16-6-1-2-10-22-16/h1-8,10,12H,9,11,13H2,(H,23,29)(H,24,27). The molecule has 0 unspecified atom stereocenters. The van der Waals surface area contributed by atoms with Crippen LogP contribution in [0.1, 0.15) is 21.9 Å². The summed E-state index contributed by atoms with van der Waals surface area (Å²) in [7, 11) is 0. The zero-order chi connectivity index (χ0) is 20.1. The Morgan fingerprint density at radius 2 is 2.00 bits per heavy atom. The number of hydrogen-bond acceptors (Lipinski definition) is 6. The summed E-state index contributed by atoms with van der Waals surface area (Å²) < 4.78 is 14.9. The maximum atomic E-state index is 13.2. The van der Waals surface area contributed by atoms with E-state index >= 15 is 0 Å². The Balaban J connectivity index is 1.39. The molecule has 0 atom stereocenters. The quantitative estimate of drug-likeness (QED) is 0.502. The molecule has 4 aromatic rings. The van der Waals surface area contributed by atoms with Crippen molar-refractivity contribution in [3.63, 3.8) is 0 Å². The second-order valence-corrected chi connectivity index (χ2v) is 6.30. The van der Waals surface area contributed by atoms with Gasteiger partial charge in [-0.2, -0.15) is 4.52 Å². The van der Waals surface area contributed by atoms with Gasteiger partial charge in [0.15, 0.2) is 11.5 Å². The molecule has 0 saturated heterocycles. The molecule has 0 saturated carbocycles. The number of fused-ring (bicyclic) bond motifs is 1. The Kier molecular flexibility index (Phi) is 5.37. The van der Waals surface area contributed by atoms with E-state index in [2.05, 4.69) is 30.9 Å². The van der Waals surface area contributed by atoms with Crippen LogP contribution in [0, 0.1) is 5.82 Å². The Bertz CT molecular complexity index is 1130. The van der Waals surface area contributed by atoms with Crippen molar-refractivity contribution >= 4 is 17.4 Å². The van der Waals surface area contributed by atoms with Crippen molar-refractivity contribution in [1.82, 2.24) is 30.1 Å². The lowest BCUT2D eigenvalue weighted by Gasteiger charge is -2.07. The minimum atomic E-state index is -0.448. The van der Waals surface area contributed by atoms with Crippen molar-refractivity contribution in [1.29, 1.82) is 0 Å². The van der Waals surface area contributed by atoms with Crippen LogP contribution in [0.5, 0.6) is 0 Å². The Labute approximate surface area is 165 Å². The number of nitrogens with one attached hydrogen (secondary N) is 2. The number of pyridine rings is 1. The summed E-state index contributed by atoms with van der Waals surface area (Å²) in [6.07, 6.45) is 2.17. The average molecular weight is 391 g/mol. The molecule has 4 rings (SSSR count). The van der Waals surface area contributed by atoms with Crippen LogP contribution in [0.3, 0.4) is 0 Å². The molecule has 0 aliphatic heterocycles. The third kappa shape index (κ3) is 4.52. The van der Waals surface area contributed by atoms with Gasteiger partial charge in [-0.15, -0.1) is 15.3 Å². The van der Waals surface area contributed by atoms with Gasteiger partial charge in [-0.1, -0.05) is 12.1 Å². The van der Waals surface area contributed by atoms with Gasteiger partial charge in [0, 0.05) is 24.7 Å². The smallest absolute Gasteiger partial charge is 0.251 e. The molecule has 3 aromatic heterocycles. The molecule has 0 aliphatic carbocycles. The summed E-state index contributed by atoms with van der Waals surface area (Å²) in [5.41, 5.74) is 1.79. The van der Waals surface area contributed by atoms with Crippen LogP contribution >= 0.6 is 0 Å². The third-order valence-electron chi connectivity index (χ3n) is 4.23. The molecule has 0 spiro atoms. The van der Waals surface area contributed by atoms with Crippen molar-refractivity contribution in [2.75, 3.05) is 11.9 Å². The number of anilines is 1. The zero-order valence-corrected chi connectivity index (χ0v) is 15.4. The van der Waals surface area contributed by atoms with Crippen LogP contribution in [0.4, 0.5) is 10.2 Å². The van der Waals surface area contributed by atoms with Gasteiger partial charge < -0.3 is 10.6 Å². The van der Waals surface area contributed by atoms with E-state index in [1.54, 1.807) is 16.8 Å². The van der Waals surface area contributed by atoms with Gasteiger partial charge in [-0.3, -0.25) is 9.78 Å². The first kappa shape index (κ1) is 18.5. The van der Waals surface area contributed by atoms with E-state index in [4.69, 9.17) is 0 Å². The van der Waals surface area contributed by atoms with Crippen LogP contribution < -0.4 is 10.6 Å². The molecular formula is C20H18FN7O. The molecular weight excluding hydrogens is 373 g/mol. The lowest BCUT2D eigenvalue weighted by Crippen LogP contribution is -2.26. The molecule has 0 aliphatic rings. The highest BCUT2D eigenvalue weighted by molar-refractivity contribution is 5.94. The van der Waals surface area contributed by atoms with Crippen molar-refractivity contribution in [3.8, 4) is 0 Å². The van der Waals surface area contributed by atoms with E-state index < -0.39 is 5.82 Å². The molecule has 3 heterocycles. The second-order valence-electron chi connectivity index (χ2n) is 6.30. The van der Waals surface area contributed by atoms with E-state index in [0.29, 0.717) is 36.8 Å². The number of halogens is 1. The van der Waals surface area contributed by atoms with Crippen LogP contribution in [0.15, 0.2) is 60.8 Å². The summed E-state index contributed by atoms with van der Waals surface area (Å²) in [6.45, 7) is 0.865. The molecule has 0 fully saturated rings. The van der Waals surface area contributed by atoms with Crippen LogP contribution in [-0.2, 0) is 13.0 Å². The summed E-state index contributed by atoms with van der Waals surface area (Å²) in [6, 6.07) is 14.9. The molecule has 146 valence electrons. The number of amides is 1. The summed E-state index contributed by atoms with van der Waals surface area (Å²) in [5.74, 6) is 0.481. The third-order valence-corrected chi connectivity index (χ3v) is 4.23. The minimum Gasteiger partial charge on any atom is -0.363 e. The normalized spacial score (nSPS) is 10.8. The summed E-state index contributed by atoms with van der Waals surface area (Å²) >= 11 is 0. The lowest BCUT2D eigenvalue weighted by atomic mass is 10.2. The fourth-order valence-electron chi connectivity index (χ4n) is 2.79. The van der Waals surface area contributed by atoms with E-state index in [1.807, 2.05) is 30.3 Å². The van der Waals surface area contributed by atoms with E-state index in [9.17, 15) is 9.18 Å². The first-order chi connectivity index (χ1) is 14.2. The zero-order valence-electron chi connectivity index (χ0n) is 15.4. The molecule has 8 nitrogen and oxygen atoms in total. The molecule has 0 radical (unpaired) electrons. The van der Waals surface area contributed by atoms with Crippen LogP contribution in [0.25, 0.3) is 5.65 Å². The Morgan fingerprint density at radius 1 is 1.07 bits per heavy atom. The van der Waals surface area contributed by atoms with Gasteiger partial charge >= 0.3 is 0 Å².